The Labute approximate surface area is 200 Å². The summed E-state index contributed by atoms with van der Waals surface area (Å²) in [5.41, 5.74) is 2.07. The lowest BCUT2D eigenvalue weighted by Crippen LogP contribution is -2.36. The highest BCUT2D eigenvalue weighted by molar-refractivity contribution is 7.91. The maximum atomic E-state index is 13.1. The molecule has 1 aliphatic carbocycles. The van der Waals surface area contributed by atoms with Gasteiger partial charge in [0.05, 0.1) is 17.1 Å². The second kappa shape index (κ2) is 9.55. The van der Waals surface area contributed by atoms with Crippen LogP contribution in [0, 0.1) is 0 Å². The molecule has 4 rings (SSSR count). The molecule has 0 spiro atoms. The van der Waals surface area contributed by atoms with Crippen molar-refractivity contribution in [1.29, 1.82) is 0 Å². The van der Waals surface area contributed by atoms with E-state index in [4.69, 9.17) is 23.2 Å². The molecule has 0 unspecified atom stereocenters. The van der Waals surface area contributed by atoms with Gasteiger partial charge in [-0.25, -0.2) is 8.42 Å². The normalized spacial score (nSPS) is 19.6. The van der Waals surface area contributed by atoms with Crippen LogP contribution in [0.5, 0.6) is 0 Å². The molecule has 2 amide bonds. The van der Waals surface area contributed by atoms with Gasteiger partial charge < -0.3 is 10.6 Å². The molecule has 0 bridgehead atoms. The van der Waals surface area contributed by atoms with Gasteiger partial charge in [-0.1, -0.05) is 29.3 Å². The van der Waals surface area contributed by atoms with Crippen LogP contribution in [0.1, 0.15) is 45.6 Å². The van der Waals surface area contributed by atoms with E-state index in [1.807, 2.05) is 0 Å². The minimum absolute atomic E-state index is 0.0443. The van der Waals surface area contributed by atoms with Crippen molar-refractivity contribution in [1.82, 2.24) is 5.32 Å². The molecule has 2 N–H and O–H groups in total. The minimum atomic E-state index is -3.11. The second-order valence-electron chi connectivity index (χ2n) is 7.98. The Morgan fingerprint density at radius 2 is 1.94 bits per heavy atom. The molecule has 1 fully saturated rings. The van der Waals surface area contributed by atoms with E-state index in [1.165, 1.54) is 17.4 Å². The van der Waals surface area contributed by atoms with Crippen LogP contribution in [0.15, 0.2) is 24.3 Å². The zero-order chi connectivity index (χ0) is 22.9. The molecule has 1 saturated heterocycles. The number of nitrogens with one attached hydrogen (secondary N) is 2. The number of anilines is 1. The number of hydrogen-bond donors (Lipinski definition) is 2. The molecule has 1 atom stereocenters. The van der Waals surface area contributed by atoms with Crippen molar-refractivity contribution < 1.29 is 18.0 Å². The summed E-state index contributed by atoms with van der Waals surface area (Å²) in [7, 11) is -3.11. The highest BCUT2D eigenvalue weighted by atomic mass is 35.5. The first-order chi connectivity index (χ1) is 15.2. The van der Waals surface area contributed by atoms with E-state index < -0.39 is 15.9 Å². The summed E-state index contributed by atoms with van der Waals surface area (Å²) in [4.78, 5) is 26.8. The highest BCUT2D eigenvalue weighted by Crippen LogP contribution is 2.38. The number of thiophene rings is 1. The topological polar surface area (TPSA) is 92.3 Å². The van der Waals surface area contributed by atoms with Gasteiger partial charge in [0.1, 0.15) is 5.00 Å². The lowest BCUT2D eigenvalue weighted by atomic mass is 9.95. The molecular weight excluding hydrogens is 491 g/mol. The van der Waals surface area contributed by atoms with E-state index in [9.17, 15) is 18.0 Å². The number of halogens is 2. The minimum Gasteiger partial charge on any atom is -0.348 e. The predicted octanol–water partition coefficient (Wildman–Crippen LogP) is 4.50. The quantitative estimate of drug-likeness (QED) is 0.576. The Balaban J connectivity index is 1.54. The van der Waals surface area contributed by atoms with Gasteiger partial charge in [0.2, 0.25) is 5.91 Å². The number of carbonyl (C=O) groups excluding carboxylic acids is 2. The Kier molecular flexibility index (Phi) is 6.95. The van der Waals surface area contributed by atoms with Crippen molar-refractivity contribution in [3.63, 3.8) is 0 Å². The molecular formula is C22H22Cl2N2O4S2. The summed E-state index contributed by atoms with van der Waals surface area (Å²) in [6, 6.07) is 4.60. The summed E-state index contributed by atoms with van der Waals surface area (Å²) in [5.74, 6) is -0.669. The molecule has 0 radical (unpaired) electrons. The Bertz CT molecular complexity index is 1200. The van der Waals surface area contributed by atoms with Gasteiger partial charge in [-0.15, -0.1) is 11.3 Å². The fourth-order valence-electron chi connectivity index (χ4n) is 4.02. The van der Waals surface area contributed by atoms with Crippen LogP contribution >= 0.6 is 34.5 Å². The van der Waals surface area contributed by atoms with Crippen LogP contribution in [0.3, 0.4) is 0 Å². The zero-order valence-electron chi connectivity index (χ0n) is 17.1. The van der Waals surface area contributed by atoms with Gasteiger partial charge in [-0.2, -0.15) is 0 Å². The Hall–Kier alpha value is -1.87. The molecule has 10 heteroatoms. The van der Waals surface area contributed by atoms with Gasteiger partial charge in [0.15, 0.2) is 9.84 Å². The third-order valence-electron chi connectivity index (χ3n) is 5.58. The molecule has 1 aliphatic heterocycles. The largest absolute Gasteiger partial charge is 0.348 e. The Morgan fingerprint density at radius 3 is 2.66 bits per heavy atom. The van der Waals surface area contributed by atoms with Crippen molar-refractivity contribution >= 4 is 67.3 Å². The zero-order valence-corrected chi connectivity index (χ0v) is 20.3. The van der Waals surface area contributed by atoms with Crippen LogP contribution in [0.25, 0.3) is 6.08 Å². The fourth-order valence-corrected chi connectivity index (χ4v) is 7.45. The lowest BCUT2D eigenvalue weighted by Gasteiger charge is -2.15. The SMILES string of the molecule is O=C(/C=C/c1ccc(Cl)cc1Cl)Nc1sc2c(c1C(=O)N[C@H]1CCS(=O)(=O)C1)CCCC2. The third-order valence-corrected chi connectivity index (χ3v) is 9.12. The first kappa shape index (κ1) is 23.3. The molecule has 2 aliphatic rings. The molecule has 170 valence electrons. The summed E-state index contributed by atoms with van der Waals surface area (Å²) in [5, 5.41) is 7.12. The van der Waals surface area contributed by atoms with Gasteiger partial charge in [-0.3, -0.25) is 9.59 Å². The monoisotopic (exact) mass is 512 g/mol. The smallest absolute Gasteiger partial charge is 0.254 e. The van der Waals surface area contributed by atoms with Crippen molar-refractivity contribution in [3.05, 3.63) is 55.9 Å². The molecule has 6 nitrogen and oxygen atoms in total. The maximum Gasteiger partial charge on any atom is 0.254 e. The molecule has 0 saturated carbocycles. The summed E-state index contributed by atoms with van der Waals surface area (Å²) in [6.45, 7) is 0. The summed E-state index contributed by atoms with van der Waals surface area (Å²) < 4.78 is 23.5. The molecule has 2 aromatic rings. The van der Waals surface area contributed by atoms with Gasteiger partial charge >= 0.3 is 0 Å². The lowest BCUT2D eigenvalue weighted by molar-refractivity contribution is -0.111. The molecule has 1 aromatic heterocycles. The third kappa shape index (κ3) is 5.36. The molecule has 1 aromatic carbocycles. The van der Waals surface area contributed by atoms with Crippen LogP contribution in [0.4, 0.5) is 5.00 Å². The predicted molar refractivity (Wildman–Crippen MR) is 130 cm³/mol. The Morgan fingerprint density at radius 1 is 1.16 bits per heavy atom. The van der Waals surface area contributed by atoms with Crippen LogP contribution in [0.2, 0.25) is 10.0 Å². The van der Waals surface area contributed by atoms with E-state index in [2.05, 4.69) is 10.6 Å². The van der Waals surface area contributed by atoms with Crippen LogP contribution in [-0.4, -0.2) is 37.8 Å². The number of fused-ring (bicyclic) bond motifs is 1. The van der Waals surface area contributed by atoms with Crippen molar-refractivity contribution in [3.8, 4) is 0 Å². The van der Waals surface area contributed by atoms with E-state index in [0.29, 0.717) is 32.6 Å². The van der Waals surface area contributed by atoms with E-state index >= 15 is 0 Å². The average molecular weight is 513 g/mol. The number of carbonyl (C=O) groups is 2. The number of hydrogen-bond acceptors (Lipinski definition) is 5. The maximum absolute atomic E-state index is 13.1. The average Bonchev–Trinajstić information content (AvgIpc) is 3.25. The summed E-state index contributed by atoms with van der Waals surface area (Å²) in [6.07, 6.45) is 7.01. The molecule has 32 heavy (non-hydrogen) atoms. The number of amides is 2. The van der Waals surface area contributed by atoms with Gasteiger partial charge in [0, 0.05) is 27.0 Å². The van der Waals surface area contributed by atoms with E-state index in [1.54, 1.807) is 24.3 Å². The van der Waals surface area contributed by atoms with Crippen LogP contribution in [-0.2, 0) is 27.5 Å². The number of rotatable bonds is 5. The second-order valence-corrected chi connectivity index (χ2v) is 12.2. The summed E-state index contributed by atoms with van der Waals surface area (Å²) >= 11 is 13.5. The van der Waals surface area contributed by atoms with Crippen molar-refractivity contribution in [2.24, 2.45) is 0 Å². The van der Waals surface area contributed by atoms with Crippen molar-refractivity contribution in [2.45, 2.75) is 38.1 Å². The first-order valence-electron chi connectivity index (χ1n) is 10.3. The van der Waals surface area contributed by atoms with Gasteiger partial charge in [0.25, 0.3) is 5.91 Å². The number of sulfone groups is 1. The first-order valence-corrected chi connectivity index (χ1v) is 13.7. The van der Waals surface area contributed by atoms with Crippen LogP contribution < -0.4 is 10.6 Å². The highest BCUT2D eigenvalue weighted by Gasteiger charge is 2.32. The van der Waals surface area contributed by atoms with E-state index in [-0.39, 0.29) is 23.3 Å². The van der Waals surface area contributed by atoms with E-state index in [0.717, 1.165) is 36.1 Å². The van der Waals surface area contributed by atoms with Gasteiger partial charge in [-0.05, 0) is 61.4 Å². The number of aryl methyl sites for hydroxylation is 1. The molecule has 2 heterocycles. The number of benzene rings is 1. The van der Waals surface area contributed by atoms with Crippen molar-refractivity contribution in [2.75, 3.05) is 16.8 Å². The standard InChI is InChI=1S/C22H22Cl2N2O4S2/c23-14-7-5-13(17(24)11-14)6-8-19(27)26-22-20(16-3-1-2-4-18(16)31-22)21(28)25-15-9-10-32(29,30)12-15/h5-8,11,15H,1-4,9-10,12H2,(H,25,28)(H,26,27)/b8-6+/t15-/m0/s1. The fraction of sp³-hybridized carbons (Fsp3) is 0.364.